The van der Waals surface area contributed by atoms with Gasteiger partial charge in [-0.3, -0.25) is 4.68 Å². The summed E-state index contributed by atoms with van der Waals surface area (Å²) < 4.78 is 1.76. The Hall–Kier alpha value is -2.01. The quantitative estimate of drug-likeness (QED) is 0.673. The Labute approximate surface area is 115 Å². The molecule has 4 nitrogen and oxygen atoms in total. The lowest BCUT2D eigenvalue weighted by molar-refractivity contribution is -0.131. The van der Waals surface area contributed by atoms with Gasteiger partial charge in [0.15, 0.2) is 0 Å². The second-order valence-corrected chi connectivity index (χ2v) is 5.06. The molecule has 0 amide bonds. The predicted octanol–water partition coefficient (Wildman–Crippen LogP) is 2.81. The number of aryl methyl sites for hydroxylation is 1. The van der Waals surface area contributed by atoms with E-state index >= 15 is 0 Å². The van der Waals surface area contributed by atoms with E-state index in [1.807, 2.05) is 43.7 Å². The first-order valence-electron chi connectivity index (χ1n) is 5.75. The smallest absolute Gasteiger partial charge is 0.328 e. The number of rotatable bonds is 5. The maximum absolute atomic E-state index is 10.6. The van der Waals surface area contributed by atoms with Crippen LogP contribution in [0.5, 0.6) is 0 Å². The third-order valence-electron chi connectivity index (χ3n) is 2.54. The Morgan fingerprint density at radius 2 is 2.26 bits per heavy atom. The summed E-state index contributed by atoms with van der Waals surface area (Å²) in [5.74, 6) is -0.152. The third-order valence-corrected chi connectivity index (χ3v) is 3.54. The lowest BCUT2D eigenvalue weighted by Gasteiger charge is -2.04. The van der Waals surface area contributed by atoms with Gasteiger partial charge < -0.3 is 5.11 Å². The van der Waals surface area contributed by atoms with Crippen LogP contribution in [0.4, 0.5) is 0 Å². The van der Waals surface area contributed by atoms with Gasteiger partial charge in [-0.15, -0.1) is 11.8 Å². The summed E-state index contributed by atoms with van der Waals surface area (Å²) in [5.41, 5.74) is 2.04. The third kappa shape index (κ3) is 3.99. The van der Waals surface area contributed by atoms with Crippen LogP contribution < -0.4 is 0 Å². The summed E-state index contributed by atoms with van der Waals surface area (Å²) in [5, 5.41) is 12.8. The number of carboxylic acid groups (broad SMARTS) is 1. The molecular formula is C14H14N2O2S. The van der Waals surface area contributed by atoms with E-state index < -0.39 is 5.97 Å². The Morgan fingerprint density at radius 3 is 2.95 bits per heavy atom. The summed E-state index contributed by atoms with van der Waals surface area (Å²) in [6.45, 7) is 0. The number of benzene rings is 1. The average molecular weight is 274 g/mol. The molecule has 2 aromatic rings. The molecule has 1 heterocycles. The van der Waals surface area contributed by atoms with E-state index in [-0.39, 0.29) is 0 Å². The van der Waals surface area contributed by atoms with Crippen LogP contribution in [0.25, 0.3) is 6.08 Å². The van der Waals surface area contributed by atoms with Gasteiger partial charge in [0.2, 0.25) is 0 Å². The summed E-state index contributed by atoms with van der Waals surface area (Å²) in [6.07, 6.45) is 6.57. The van der Waals surface area contributed by atoms with Crippen LogP contribution in [0.1, 0.15) is 11.1 Å². The van der Waals surface area contributed by atoms with Gasteiger partial charge in [-0.25, -0.2) is 4.79 Å². The maximum atomic E-state index is 10.6. The van der Waals surface area contributed by atoms with Crippen molar-refractivity contribution in [2.45, 2.75) is 10.6 Å². The van der Waals surface area contributed by atoms with Gasteiger partial charge in [0.05, 0.1) is 6.20 Å². The van der Waals surface area contributed by atoms with Crippen molar-refractivity contribution in [2.75, 3.05) is 0 Å². The standard InChI is InChI=1S/C14H14N2O2S/c1-16-9-13(8-15-16)19-10-12-5-3-2-4-11(12)6-7-14(17)18/h2-9H,10H2,1H3,(H,17,18)/b7-6+. The minimum Gasteiger partial charge on any atom is -0.478 e. The highest BCUT2D eigenvalue weighted by Gasteiger charge is 2.02. The lowest BCUT2D eigenvalue weighted by Crippen LogP contribution is -1.89. The summed E-state index contributed by atoms with van der Waals surface area (Å²) in [4.78, 5) is 11.7. The number of hydrogen-bond donors (Lipinski definition) is 1. The minimum atomic E-state index is -0.935. The fourth-order valence-electron chi connectivity index (χ4n) is 1.62. The van der Waals surface area contributed by atoms with Crippen LogP contribution in [0, 0.1) is 0 Å². The van der Waals surface area contributed by atoms with E-state index in [9.17, 15) is 4.79 Å². The highest BCUT2D eigenvalue weighted by Crippen LogP contribution is 2.24. The molecule has 1 aromatic heterocycles. The molecule has 0 aliphatic rings. The number of aromatic nitrogens is 2. The molecular weight excluding hydrogens is 260 g/mol. The zero-order valence-corrected chi connectivity index (χ0v) is 11.3. The van der Waals surface area contributed by atoms with Gasteiger partial charge in [0.25, 0.3) is 0 Å². The van der Waals surface area contributed by atoms with Crippen molar-refractivity contribution in [1.29, 1.82) is 0 Å². The van der Waals surface area contributed by atoms with Crippen molar-refractivity contribution < 1.29 is 9.90 Å². The molecule has 1 N–H and O–H groups in total. The van der Waals surface area contributed by atoms with Gasteiger partial charge in [-0.2, -0.15) is 5.10 Å². The fourth-order valence-corrected chi connectivity index (χ4v) is 2.56. The number of aliphatic carboxylic acids is 1. The van der Waals surface area contributed by atoms with Crippen molar-refractivity contribution in [2.24, 2.45) is 7.05 Å². The molecule has 0 radical (unpaired) electrons. The van der Waals surface area contributed by atoms with Crippen LogP contribution in [0.3, 0.4) is 0 Å². The van der Waals surface area contributed by atoms with Crippen LogP contribution in [-0.4, -0.2) is 20.9 Å². The molecule has 19 heavy (non-hydrogen) atoms. The molecule has 0 unspecified atom stereocenters. The average Bonchev–Trinajstić information content (AvgIpc) is 2.80. The topological polar surface area (TPSA) is 55.1 Å². The van der Waals surface area contributed by atoms with Gasteiger partial charge >= 0.3 is 5.97 Å². The van der Waals surface area contributed by atoms with Crippen molar-refractivity contribution in [3.63, 3.8) is 0 Å². The first-order chi connectivity index (χ1) is 9.15. The Balaban J connectivity index is 2.09. The number of thioether (sulfide) groups is 1. The highest BCUT2D eigenvalue weighted by atomic mass is 32.2. The Bertz CT molecular complexity index is 605. The number of hydrogen-bond acceptors (Lipinski definition) is 3. The number of carbonyl (C=O) groups is 1. The molecule has 5 heteroatoms. The molecule has 0 bridgehead atoms. The molecule has 0 saturated carbocycles. The largest absolute Gasteiger partial charge is 0.478 e. The minimum absolute atomic E-state index is 0.784. The Kier molecular flexibility index (Phi) is 4.41. The summed E-state index contributed by atoms with van der Waals surface area (Å²) >= 11 is 1.68. The number of nitrogens with zero attached hydrogens (tertiary/aromatic N) is 2. The summed E-state index contributed by atoms with van der Waals surface area (Å²) in [7, 11) is 1.88. The van der Waals surface area contributed by atoms with E-state index in [0.29, 0.717) is 0 Å². The molecule has 0 fully saturated rings. The van der Waals surface area contributed by atoms with E-state index in [1.54, 1.807) is 22.5 Å². The van der Waals surface area contributed by atoms with Crippen molar-refractivity contribution >= 4 is 23.8 Å². The lowest BCUT2D eigenvalue weighted by atomic mass is 10.1. The van der Waals surface area contributed by atoms with Gasteiger partial charge in [-0.05, 0) is 17.2 Å². The Morgan fingerprint density at radius 1 is 1.47 bits per heavy atom. The van der Waals surface area contributed by atoms with E-state index in [1.165, 1.54) is 0 Å². The van der Waals surface area contributed by atoms with Crippen molar-refractivity contribution in [1.82, 2.24) is 9.78 Å². The molecule has 0 saturated heterocycles. The van der Waals surface area contributed by atoms with Crippen LogP contribution in [0.15, 0.2) is 47.6 Å². The highest BCUT2D eigenvalue weighted by molar-refractivity contribution is 7.98. The second-order valence-electron chi connectivity index (χ2n) is 4.01. The predicted molar refractivity (Wildman–Crippen MR) is 75.9 cm³/mol. The molecule has 0 aliphatic carbocycles. The fraction of sp³-hybridized carbons (Fsp3) is 0.143. The van der Waals surface area contributed by atoms with Crippen LogP contribution in [-0.2, 0) is 17.6 Å². The van der Waals surface area contributed by atoms with Gasteiger partial charge in [0.1, 0.15) is 0 Å². The zero-order chi connectivity index (χ0) is 13.7. The van der Waals surface area contributed by atoms with Gasteiger partial charge in [0, 0.05) is 30.0 Å². The normalized spacial score (nSPS) is 11.0. The summed E-state index contributed by atoms with van der Waals surface area (Å²) in [6, 6.07) is 7.78. The second kappa shape index (κ2) is 6.24. The van der Waals surface area contributed by atoms with E-state index in [2.05, 4.69) is 5.10 Å². The van der Waals surface area contributed by atoms with E-state index in [4.69, 9.17) is 5.11 Å². The first kappa shape index (κ1) is 13.4. The first-order valence-corrected chi connectivity index (χ1v) is 6.74. The SMILES string of the molecule is Cn1cc(SCc2ccccc2/C=C/C(=O)O)cn1. The number of carboxylic acids is 1. The monoisotopic (exact) mass is 274 g/mol. The zero-order valence-electron chi connectivity index (χ0n) is 10.5. The molecule has 2 rings (SSSR count). The molecule has 98 valence electrons. The van der Waals surface area contributed by atoms with E-state index in [0.717, 1.165) is 27.9 Å². The van der Waals surface area contributed by atoms with Crippen molar-refractivity contribution in [3.8, 4) is 0 Å². The maximum Gasteiger partial charge on any atom is 0.328 e. The van der Waals surface area contributed by atoms with Crippen molar-refractivity contribution in [3.05, 3.63) is 53.9 Å². The molecule has 0 atom stereocenters. The molecule has 0 aliphatic heterocycles. The van der Waals surface area contributed by atoms with Crippen LogP contribution >= 0.6 is 11.8 Å². The van der Waals surface area contributed by atoms with Crippen LogP contribution in [0.2, 0.25) is 0 Å². The molecule has 0 spiro atoms. The van der Waals surface area contributed by atoms with Gasteiger partial charge in [-0.1, -0.05) is 24.3 Å². The molecule has 1 aromatic carbocycles.